The Morgan fingerprint density at radius 3 is 2.68 bits per heavy atom. The number of benzene rings is 1. The van der Waals surface area contributed by atoms with Gasteiger partial charge in [0.1, 0.15) is 5.82 Å². The fourth-order valence-electron chi connectivity index (χ4n) is 4.76. The van der Waals surface area contributed by atoms with Gasteiger partial charge in [0.2, 0.25) is 0 Å². The number of fused-ring (bicyclic) bond motifs is 1. The van der Waals surface area contributed by atoms with E-state index in [0.29, 0.717) is 12.6 Å². The Kier molecular flexibility index (Phi) is 5.25. The van der Waals surface area contributed by atoms with Crippen LogP contribution < -0.4 is 5.32 Å². The molecule has 0 spiro atoms. The minimum atomic E-state index is 0.0252. The number of hydrogen-bond donors (Lipinski definition) is 1. The number of aryl methyl sites for hydroxylation is 2. The molecule has 1 aliphatic carbocycles. The van der Waals surface area contributed by atoms with E-state index in [2.05, 4.69) is 45.4 Å². The minimum absolute atomic E-state index is 0.0252. The molecule has 1 aliphatic rings. The van der Waals surface area contributed by atoms with E-state index in [1.165, 1.54) is 37.8 Å². The van der Waals surface area contributed by atoms with Crippen LogP contribution in [0.5, 0.6) is 0 Å². The molecular weight excluding hydrogens is 348 g/mol. The number of amides is 1. The molecule has 1 amide bonds. The van der Waals surface area contributed by atoms with Crippen molar-refractivity contribution in [3.63, 3.8) is 0 Å². The summed E-state index contributed by atoms with van der Waals surface area (Å²) in [6, 6.07) is 10.7. The zero-order valence-electron chi connectivity index (χ0n) is 17.2. The van der Waals surface area contributed by atoms with Gasteiger partial charge in [-0.25, -0.2) is 4.98 Å². The van der Waals surface area contributed by atoms with Gasteiger partial charge in [0.25, 0.3) is 5.91 Å². The third kappa shape index (κ3) is 3.46. The molecule has 0 atom stereocenters. The number of aromatic nitrogens is 3. The largest absolute Gasteiger partial charge is 0.350 e. The van der Waals surface area contributed by atoms with Crippen molar-refractivity contribution in [1.29, 1.82) is 0 Å². The fourth-order valence-corrected chi connectivity index (χ4v) is 4.76. The Hall–Kier alpha value is -2.56. The van der Waals surface area contributed by atoms with Crippen LogP contribution in [0.25, 0.3) is 11.0 Å². The Balaban J connectivity index is 1.45. The van der Waals surface area contributed by atoms with E-state index >= 15 is 0 Å². The summed E-state index contributed by atoms with van der Waals surface area (Å²) in [5.41, 5.74) is 5.24. The highest BCUT2D eigenvalue weighted by Crippen LogP contribution is 2.32. The Bertz CT molecular complexity index is 992. The van der Waals surface area contributed by atoms with Crippen LogP contribution in [0.1, 0.15) is 65.7 Å². The third-order valence-corrected chi connectivity index (χ3v) is 6.14. The van der Waals surface area contributed by atoms with E-state index in [-0.39, 0.29) is 5.91 Å². The molecule has 0 radical (unpaired) electrons. The molecule has 5 heteroatoms. The molecule has 1 saturated carbocycles. The van der Waals surface area contributed by atoms with E-state index < -0.39 is 0 Å². The van der Waals surface area contributed by atoms with E-state index in [4.69, 9.17) is 0 Å². The first-order chi connectivity index (χ1) is 13.6. The fraction of sp³-hybridized carbons (Fsp3) is 0.478. The molecule has 1 fully saturated rings. The average Bonchev–Trinajstić information content (AvgIpc) is 3.18. The minimum Gasteiger partial charge on any atom is -0.350 e. The number of imidazole rings is 1. The van der Waals surface area contributed by atoms with Crippen LogP contribution in [-0.4, -0.2) is 26.6 Å². The van der Waals surface area contributed by atoms with E-state index in [9.17, 15) is 4.79 Å². The average molecular weight is 379 g/mol. The number of para-hydroxylation sites is 2. The molecule has 0 saturated heterocycles. The summed E-state index contributed by atoms with van der Waals surface area (Å²) in [6.07, 6.45) is 6.38. The Labute approximate surface area is 166 Å². The first kappa shape index (κ1) is 18.8. The van der Waals surface area contributed by atoms with Gasteiger partial charge in [-0.15, -0.1) is 0 Å². The highest BCUT2D eigenvalue weighted by molar-refractivity contribution is 5.95. The van der Waals surface area contributed by atoms with Crippen LogP contribution >= 0.6 is 0 Å². The summed E-state index contributed by atoms with van der Waals surface area (Å²) in [4.78, 5) is 17.4. The standard InChI is InChI=1S/C23H30N4O/c1-16-15-20(17(2)27(16)19-9-5-4-6-10-19)23(28)24-13-14-26-18(3)25-21-11-7-8-12-22(21)26/h7-8,11-12,15,19H,4-6,9-10,13-14H2,1-3H3,(H,24,28). The lowest BCUT2D eigenvalue weighted by Crippen LogP contribution is -2.28. The smallest absolute Gasteiger partial charge is 0.253 e. The summed E-state index contributed by atoms with van der Waals surface area (Å²) >= 11 is 0. The molecule has 5 nitrogen and oxygen atoms in total. The topological polar surface area (TPSA) is 51.9 Å². The van der Waals surface area contributed by atoms with Gasteiger partial charge in [0, 0.05) is 30.5 Å². The molecule has 3 aromatic rings. The van der Waals surface area contributed by atoms with Gasteiger partial charge in [0.15, 0.2) is 0 Å². The van der Waals surface area contributed by atoms with Crippen molar-refractivity contribution in [2.75, 3.05) is 6.54 Å². The lowest BCUT2D eigenvalue weighted by molar-refractivity contribution is 0.0951. The highest BCUT2D eigenvalue weighted by Gasteiger charge is 2.22. The second-order valence-electron chi connectivity index (χ2n) is 8.00. The lowest BCUT2D eigenvalue weighted by atomic mass is 9.95. The van der Waals surface area contributed by atoms with Gasteiger partial charge >= 0.3 is 0 Å². The van der Waals surface area contributed by atoms with Crippen LogP contribution in [0.3, 0.4) is 0 Å². The molecule has 2 heterocycles. The third-order valence-electron chi connectivity index (χ3n) is 6.14. The van der Waals surface area contributed by atoms with Gasteiger partial charge in [0.05, 0.1) is 16.6 Å². The number of nitrogens with one attached hydrogen (secondary N) is 1. The predicted molar refractivity (Wildman–Crippen MR) is 113 cm³/mol. The van der Waals surface area contributed by atoms with Crippen molar-refractivity contribution in [3.8, 4) is 0 Å². The number of hydrogen-bond acceptors (Lipinski definition) is 2. The first-order valence-corrected chi connectivity index (χ1v) is 10.4. The van der Waals surface area contributed by atoms with Crippen molar-refractivity contribution in [2.24, 2.45) is 0 Å². The first-order valence-electron chi connectivity index (χ1n) is 10.4. The monoisotopic (exact) mass is 378 g/mol. The van der Waals surface area contributed by atoms with Crippen LogP contribution in [0.15, 0.2) is 30.3 Å². The van der Waals surface area contributed by atoms with E-state index in [1.54, 1.807) is 0 Å². The van der Waals surface area contributed by atoms with E-state index in [0.717, 1.165) is 34.7 Å². The SMILES string of the molecule is Cc1cc(C(=O)NCCn2c(C)nc3ccccc32)c(C)n1C1CCCCC1. The van der Waals surface area contributed by atoms with Gasteiger partial charge in [-0.2, -0.15) is 0 Å². The van der Waals surface area contributed by atoms with Crippen molar-refractivity contribution >= 4 is 16.9 Å². The van der Waals surface area contributed by atoms with Crippen molar-refractivity contribution in [2.45, 2.75) is 65.5 Å². The van der Waals surface area contributed by atoms with Crippen LogP contribution in [0, 0.1) is 20.8 Å². The molecule has 0 unspecified atom stereocenters. The summed E-state index contributed by atoms with van der Waals surface area (Å²) in [7, 11) is 0. The number of carbonyl (C=O) groups is 1. The quantitative estimate of drug-likeness (QED) is 0.700. The maximum absolute atomic E-state index is 12.8. The van der Waals surface area contributed by atoms with Crippen LogP contribution in [0.4, 0.5) is 0 Å². The second kappa shape index (κ2) is 7.82. The van der Waals surface area contributed by atoms with Gasteiger partial charge < -0.3 is 14.5 Å². The maximum atomic E-state index is 12.8. The van der Waals surface area contributed by atoms with Crippen molar-refractivity contribution in [1.82, 2.24) is 19.4 Å². The zero-order chi connectivity index (χ0) is 19.7. The van der Waals surface area contributed by atoms with Crippen molar-refractivity contribution < 1.29 is 4.79 Å². The van der Waals surface area contributed by atoms with E-state index in [1.807, 2.05) is 25.1 Å². The summed E-state index contributed by atoms with van der Waals surface area (Å²) in [5.74, 6) is 1.00. The van der Waals surface area contributed by atoms with Gasteiger partial charge in [-0.1, -0.05) is 31.4 Å². The highest BCUT2D eigenvalue weighted by atomic mass is 16.1. The molecule has 0 bridgehead atoms. The van der Waals surface area contributed by atoms with Crippen LogP contribution in [0.2, 0.25) is 0 Å². The molecule has 148 valence electrons. The molecule has 28 heavy (non-hydrogen) atoms. The number of rotatable bonds is 5. The Morgan fingerprint density at radius 2 is 1.89 bits per heavy atom. The normalized spacial score (nSPS) is 15.2. The lowest BCUT2D eigenvalue weighted by Gasteiger charge is -2.26. The zero-order valence-corrected chi connectivity index (χ0v) is 17.2. The summed E-state index contributed by atoms with van der Waals surface area (Å²) in [5, 5.41) is 3.11. The van der Waals surface area contributed by atoms with Gasteiger partial charge in [-0.3, -0.25) is 4.79 Å². The molecule has 4 rings (SSSR count). The molecular formula is C23H30N4O. The molecule has 1 aromatic carbocycles. The number of nitrogens with zero attached hydrogens (tertiary/aromatic N) is 3. The molecule has 0 aliphatic heterocycles. The molecule has 2 aromatic heterocycles. The number of carbonyl (C=O) groups excluding carboxylic acids is 1. The van der Waals surface area contributed by atoms with Crippen LogP contribution in [-0.2, 0) is 6.54 Å². The maximum Gasteiger partial charge on any atom is 0.253 e. The molecule has 1 N–H and O–H groups in total. The predicted octanol–water partition coefficient (Wildman–Crippen LogP) is 4.70. The summed E-state index contributed by atoms with van der Waals surface area (Å²) < 4.78 is 4.56. The summed E-state index contributed by atoms with van der Waals surface area (Å²) in [6.45, 7) is 7.54. The van der Waals surface area contributed by atoms with Crippen molar-refractivity contribution in [3.05, 3.63) is 53.1 Å². The second-order valence-corrected chi connectivity index (χ2v) is 8.00. The van der Waals surface area contributed by atoms with Gasteiger partial charge in [-0.05, 0) is 51.8 Å². The Morgan fingerprint density at radius 1 is 1.14 bits per heavy atom.